The number of ether oxygens (including phenoxy) is 1. The maximum absolute atomic E-state index is 14.0. The lowest BCUT2D eigenvalue weighted by Gasteiger charge is -2.30. The van der Waals surface area contributed by atoms with E-state index < -0.39 is 30.3 Å². The molecule has 282 valence electrons. The van der Waals surface area contributed by atoms with Gasteiger partial charge in [0, 0.05) is 18.5 Å². The van der Waals surface area contributed by atoms with Gasteiger partial charge in [0.25, 0.3) is 0 Å². The smallest absolute Gasteiger partial charge is 0.407 e. The van der Waals surface area contributed by atoms with Crippen LogP contribution >= 0.6 is 11.3 Å². The summed E-state index contributed by atoms with van der Waals surface area (Å²) in [6, 6.07) is 16.6. The predicted molar refractivity (Wildman–Crippen MR) is 204 cm³/mol. The van der Waals surface area contributed by atoms with Crippen molar-refractivity contribution in [2.75, 3.05) is 7.05 Å². The summed E-state index contributed by atoms with van der Waals surface area (Å²) in [6.07, 6.45) is 8.48. The first-order chi connectivity index (χ1) is 25.6. The standard InChI is InChI=1S/C40H50N6O6S/c1-27(2)36(45-39(49)46(3)23-32-25-53-38(43-32)30-17-11-6-12-18-30)37(48)42-31(19-28-13-7-4-8-14-28)21-35(47)34(20-29-15-9-5-10-16-29)44-40(50)51-24-33-22-41-26-52-33/h4-5,7-10,13-17,22,25-27,31,34-36,47H,6,11-12,18-21,23-24H2,1-3H3,(H,42,48)(H,44,50)(H,45,49)/t31-,34-,35-,36-/m0/s1. The zero-order chi connectivity index (χ0) is 37.6. The average Bonchev–Trinajstić information content (AvgIpc) is 3.86. The van der Waals surface area contributed by atoms with E-state index in [1.54, 1.807) is 18.4 Å². The van der Waals surface area contributed by atoms with E-state index in [0.717, 1.165) is 41.1 Å². The summed E-state index contributed by atoms with van der Waals surface area (Å²) in [5.74, 6) is -0.215. The van der Waals surface area contributed by atoms with E-state index in [2.05, 4.69) is 27.0 Å². The Bertz CT molecular complexity index is 1760. The number of aromatic nitrogens is 2. The third-order valence-electron chi connectivity index (χ3n) is 9.18. The Kier molecular flexibility index (Phi) is 14.6. The van der Waals surface area contributed by atoms with Crippen LogP contribution in [0.25, 0.3) is 5.57 Å². The summed E-state index contributed by atoms with van der Waals surface area (Å²) in [6.45, 7) is 3.94. The molecule has 0 saturated heterocycles. The van der Waals surface area contributed by atoms with Crippen molar-refractivity contribution < 1.29 is 28.6 Å². The van der Waals surface area contributed by atoms with Crippen molar-refractivity contribution in [3.8, 4) is 0 Å². The first-order valence-electron chi connectivity index (χ1n) is 18.2. The monoisotopic (exact) mass is 742 g/mol. The van der Waals surface area contributed by atoms with Crippen molar-refractivity contribution >= 4 is 34.9 Å². The molecular weight excluding hydrogens is 693 g/mol. The zero-order valence-electron chi connectivity index (χ0n) is 30.6. The number of carbonyl (C=O) groups excluding carboxylic acids is 3. The lowest BCUT2D eigenvalue weighted by molar-refractivity contribution is -0.124. The Balaban J connectivity index is 1.25. The maximum atomic E-state index is 14.0. The highest BCUT2D eigenvalue weighted by atomic mass is 32.1. The zero-order valence-corrected chi connectivity index (χ0v) is 31.4. The second-order valence-electron chi connectivity index (χ2n) is 13.8. The molecule has 2 aromatic carbocycles. The quantitative estimate of drug-likeness (QED) is 0.0986. The lowest BCUT2D eigenvalue weighted by Crippen LogP contribution is -2.55. The second-order valence-corrected chi connectivity index (χ2v) is 14.7. The number of hydrogen-bond donors (Lipinski definition) is 4. The summed E-state index contributed by atoms with van der Waals surface area (Å²) in [7, 11) is 1.69. The minimum Gasteiger partial charge on any atom is -0.445 e. The van der Waals surface area contributed by atoms with Crippen molar-refractivity contribution in [2.24, 2.45) is 5.92 Å². The number of aliphatic hydroxyl groups is 1. The summed E-state index contributed by atoms with van der Waals surface area (Å²) < 4.78 is 10.5. The predicted octanol–water partition coefficient (Wildman–Crippen LogP) is 6.27. The van der Waals surface area contributed by atoms with E-state index in [4.69, 9.17) is 14.1 Å². The summed E-state index contributed by atoms with van der Waals surface area (Å²) >= 11 is 1.59. The minimum atomic E-state index is -1.08. The fourth-order valence-electron chi connectivity index (χ4n) is 6.29. The number of nitrogens with one attached hydrogen (secondary N) is 3. The number of hydrogen-bond acceptors (Lipinski definition) is 9. The van der Waals surface area contributed by atoms with E-state index >= 15 is 0 Å². The van der Waals surface area contributed by atoms with Crippen molar-refractivity contribution in [1.82, 2.24) is 30.8 Å². The molecule has 0 radical (unpaired) electrons. The third kappa shape index (κ3) is 12.3. The normalized spacial score (nSPS) is 15.1. The molecule has 0 bridgehead atoms. The number of thiazole rings is 1. The number of nitrogens with zero attached hydrogens (tertiary/aromatic N) is 3. The van der Waals surface area contributed by atoms with Gasteiger partial charge in [-0.2, -0.15) is 0 Å². The molecule has 5 rings (SSSR count). The molecule has 4 amide bonds. The molecule has 4 aromatic rings. The molecule has 12 nitrogen and oxygen atoms in total. The highest BCUT2D eigenvalue weighted by Gasteiger charge is 2.31. The van der Waals surface area contributed by atoms with Crippen LogP contribution in [0.1, 0.15) is 73.5 Å². The van der Waals surface area contributed by atoms with E-state index in [-0.39, 0.29) is 30.9 Å². The number of amides is 4. The van der Waals surface area contributed by atoms with Crippen LogP contribution in [0.15, 0.2) is 89.1 Å². The molecular formula is C40H50N6O6S. The molecule has 53 heavy (non-hydrogen) atoms. The van der Waals surface area contributed by atoms with Crippen molar-refractivity contribution in [1.29, 1.82) is 0 Å². The molecule has 0 saturated carbocycles. The van der Waals surface area contributed by atoms with Gasteiger partial charge >= 0.3 is 12.1 Å². The van der Waals surface area contributed by atoms with Crippen LogP contribution in [0.3, 0.4) is 0 Å². The highest BCUT2D eigenvalue weighted by Crippen LogP contribution is 2.29. The van der Waals surface area contributed by atoms with Gasteiger partial charge in [-0.15, -0.1) is 11.3 Å². The van der Waals surface area contributed by atoms with Crippen LogP contribution in [-0.2, 0) is 35.5 Å². The van der Waals surface area contributed by atoms with Gasteiger partial charge in [-0.25, -0.2) is 19.6 Å². The molecule has 4 atom stereocenters. The molecule has 4 N–H and O–H groups in total. The molecule has 13 heteroatoms. The number of allylic oxidation sites excluding steroid dienone is 2. The molecule has 1 aliphatic rings. The van der Waals surface area contributed by atoms with E-state index in [9.17, 15) is 19.5 Å². The number of alkyl carbamates (subject to hydrolysis) is 1. The number of aliphatic hydroxyl groups excluding tert-OH is 1. The number of benzene rings is 2. The van der Waals surface area contributed by atoms with Gasteiger partial charge in [-0.3, -0.25) is 4.79 Å². The van der Waals surface area contributed by atoms with Crippen LogP contribution in [0.4, 0.5) is 9.59 Å². The van der Waals surface area contributed by atoms with Crippen molar-refractivity contribution in [3.63, 3.8) is 0 Å². The second kappa shape index (κ2) is 19.7. The largest absolute Gasteiger partial charge is 0.445 e. The SMILES string of the molecule is CC(C)[C@H](NC(=O)N(C)Cc1csc(C2=CCCCC2)n1)C(=O)N[C@@H](Cc1ccccc1)C[C@H](O)[C@H](Cc1ccccc1)NC(=O)OCc1cnco1. The lowest BCUT2D eigenvalue weighted by atomic mass is 9.93. The molecule has 2 aromatic heterocycles. The topological polar surface area (TPSA) is 159 Å². The van der Waals surface area contributed by atoms with Crippen molar-refractivity contribution in [2.45, 2.75) is 96.2 Å². The number of urea groups is 1. The first kappa shape index (κ1) is 39.2. The van der Waals surface area contributed by atoms with Gasteiger partial charge in [0.05, 0.1) is 30.6 Å². The summed E-state index contributed by atoms with van der Waals surface area (Å²) in [4.78, 5) is 50.4. The molecule has 0 aliphatic heterocycles. The molecule has 2 heterocycles. The fourth-order valence-corrected chi connectivity index (χ4v) is 7.17. The Morgan fingerprint density at radius 2 is 1.70 bits per heavy atom. The van der Waals surface area contributed by atoms with Crippen LogP contribution in [-0.4, -0.2) is 69.3 Å². The van der Waals surface area contributed by atoms with E-state index in [0.29, 0.717) is 25.1 Å². The first-order valence-corrected chi connectivity index (χ1v) is 19.0. The highest BCUT2D eigenvalue weighted by molar-refractivity contribution is 7.10. The number of carbonyl (C=O) groups is 3. The number of rotatable bonds is 17. The van der Waals surface area contributed by atoms with Gasteiger partial charge in [0.1, 0.15) is 11.0 Å². The van der Waals surface area contributed by atoms with Crippen LogP contribution in [0.2, 0.25) is 0 Å². The molecule has 0 fully saturated rings. The molecule has 0 spiro atoms. The van der Waals surface area contributed by atoms with Crippen LogP contribution < -0.4 is 16.0 Å². The Labute approximate surface area is 315 Å². The van der Waals surface area contributed by atoms with Gasteiger partial charge in [0.2, 0.25) is 5.91 Å². The van der Waals surface area contributed by atoms with Gasteiger partial charge < -0.3 is 35.1 Å². The summed E-state index contributed by atoms with van der Waals surface area (Å²) in [5.41, 5.74) is 3.94. The van der Waals surface area contributed by atoms with Crippen LogP contribution in [0.5, 0.6) is 0 Å². The van der Waals surface area contributed by atoms with E-state index in [1.165, 1.54) is 29.5 Å². The average molecular weight is 743 g/mol. The summed E-state index contributed by atoms with van der Waals surface area (Å²) in [5, 5.41) is 23.5. The van der Waals surface area contributed by atoms with Gasteiger partial charge in [0.15, 0.2) is 18.8 Å². The third-order valence-corrected chi connectivity index (χ3v) is 10.2. The Morgan fingerprint density at radius 3 is 2.34 bits per heavy atom. The number of oxazole rings is 1. The molecule has 1 aliphatic carbocycles. The van der Waals surface area contributed by atoms with Gasteiger partial charge in [-0.1, -0.05) is 80.6 Å². The Hall–Kier alpha value is -5.01. The minimum absolute atomic E-state index is 0.113. The van der Waals surface area contributed by atoms with Crippen molar-refractivity contribution in [3.05, 3.63) is 112 Å². The van der Waals surface area contributed by atoms with E-state index in [1.807, 2.05) is 79.9 Å². The van der Waals surface area contributed by atoms with Gasteiger partial charge in [-0.05, 0) is 67.6 Å². The molecule has 0 unspecified atom stereocenters. The fraction of sp³-hybridized carbons (Fsp3) is 0.425. The maximum Gasteiger partial charge on any atom is 0.407 e. The Morgan fingerprint density at radius 1 is 0.981 bits per heavy atom. The van der Waals surface area contributed by atoms with Crippen LogP contribution in [0, 0.1) is 5.92 Å².